The molecule has 0 N–H and O–H groups in total. The number of benzene rings is 3. The minimum atomic E-state index is -0.0772. The van der Waals surface area contributed by atoms with Crippen LogP contribution in [0.3, 0.4) is 0 Å². The molecule has 1 atom stereocenters. The number of hydrogen-bond acceptors (Lipinski definition) is 2. The van der Waals surface area contributed by atoms with Gasteiger partial charge in [-0.25, -0.2) is 0 Å². The second-order valence-electron chi connectivity index (χ2n) is 5.96. The van der Waals surface area contributed by atoms with Gasteiger partial charge in [0.05, 0.1) is 6.61 Å². The van der Waals surface area contributed by atoms with Crippen molar-refractivity contribution in [2.24, 2.45) is 0 Å². The van der Waals surface area contributed by atoms with E-state index in [0.717, 1.165) is 6.54 Å². The minimum absolute atomic E-state index is 0.0772. The predicted octanol–water partition coefficient (Wildman–Crippen LogP) is 5.03. The number of ether oxygens (including phenoxy) is 1. The average molecular weight is 317 g/mol. The molecule has 0 heterocycles. The van der Waals surface area contributed by atoms with Crippen molar-refractivity contribution >= 4 is 0 Å². The summed E-state index contributed by atoms with van der Waals surface area (Å²) in [5, 5.41) is 0. The van der Waals surface area contributed by atoms with Crippen LogP contribution in [0.5, 0.6) is 0 Å². The summed E-state index contributed by atoms with van der Waals surface area (Å²) in [4.78, 5) is 2.24. The van der Waals surface area contributed by atoms with Gasteiger partial charge < -0.3 is 4.74 Å². The lowest BCUT2D eigenvalue weighted by atomic mass is 10.1. The molecular weight excluding hydrogens is 294 g/mol. The highest BCUT2D eigenvalue weighted by Gasteiger charge is 2.17. The van der Waals surface area contributed by atoms with Crippen LogP contribution in [0, 0.1) is 0 Å². The largest absolute Gasteiger partial charge is 0.354 e. The van der Waals surface area contributed by atoms with Gasteiger partial charge in [0.2, 0.25) is 0 Å². The third-order valence-corrected chi connectivity index (χ3v) is 4.01. The van der Waals surface area contributed by atoms with Gasteiger partial charge in [-0.05, 0) is 23.7 Å². The molecule has 0 radical (unpaired) electrons. The second-order valence-corrected chi connectivity index (χ2v) is 5.96. The summed E-state index contributed by atoms with van der Waals surface area (Å²) in [6, 6.07) is 31.2. The van der Waals surface area contributed by atoms with Crippen molar-refractivity contribution in [3.05, 3.63) is 108 Å². The zero-order valence-electron chi connectivity index (χ0n) is 14.0. The number of nitrogens with zero attached hydrogens (tertiary/aromatic N) is 1. The van der Waals surface area contributed by atoms with Gasteiger partial charge in [-0.1, -0.05) is 91.0 Å². The summed E-state index contributed by atoms with van der Waals surface area (Å²) >= 11 is 0. The molecule has 3 rings (SSSR count). The van der Waals surface area contributed by atoms with E-state index in [-0.39, 0.29) is 6.23 Å². The normalized spacial score (nSPS) is 12.2. The van der Waals surface area contributed by atoms with Gasteiger partial charge in [-0.2, -0.15) is 0 Å². The van der Waals surface area contributed by atoms with E-state index in [4.69, 9.17) is 4.74 Å². The fourth-order valence-electron chi connectivity index (χ4n) is 2.80. The molecule has 1 unspecified atom stereocenters. The molecule has 2 heteroatoms. The maximum atomic E-state index is 6.27. The number of rotatable bonds is 7. The predicted molar refractivity (Wildman–Crippen MR) is 98.3 cm³/mol. The van der Waals surface area contributed by atoms with Crippen molar-refractivity contribution in [1.82, 2.24) is 4.90 Å². The van der Waals surface area contributed by atoms with Crippen LogP contribution < -0.4 is 0 Å². The van der Waals surface area contributed by atoms with E-state index >= 15 is 0 Å². The standard InChI is InChI=1S/C22H23NO/c1-23(17-19-11-5-2-6-12-19)22(21-15-9-4-10-16-21)24-18-20-13-7-3-8-14-20/h2-16,22H,17-18H2,1H3. The van der Waals surface area contributed by atoms with Crippen LogP contribution in [-0.2, 0) is 17.9 Å². The Kier molecular flexibility index (Phi) is 5.78. The molecule has 0 aliphatic carbocycles. The lowest BCUT2D eigenvalue weighted by Crippen LogP contribution is -2.26. The summed E-state index contributed by atoms with van der Waals surface area (Å²) in [6.45, 7) is 1.44. The molecular formula is C22H23NO. The number of hydrogen-bond donors (Lipinski definition) is 0. The fourth-order valence-corrected chi connectivity index (χ4v) is 2.80. The summed E-state index contributed by atoms with van der Waals surface area (Å²) in [5.41, 5.74) is 3.64. The summed E-state index contributed by atoms with van der Waals surface area (Å²) in [5.74, 6) is 0. The minimum Gasteiger partial charge on any atom is -0.354 e. The van der Waals surface area contributed by atoms with Crippen molar-refractivity contribution < 1.29 is 4.74 Å². The molecule has 0 amide bonds. The van der Waals surface area contributed by atoms with Crippen LogP contribution in [0.4, 0.5) is 0 Å². The average Bonchev–Trinajstić information content (AvgIpc) is 2.64. The molecule has 24 heavy (non-hydrogen) atoms. The van der Waals surface area contributed by atoms with Crippen molar-refractivity contribution in [1.29, 1.82) is 0 Å². The van der Waals surface area contributed by atoms with Crippen molar-refractivity contribution in [2.75, 3.05) is 7.05 Å². The van der Waals surface area contributed by atoms with Crippen LogP contribution in [-0.4, -0.2) is 11.9 Å². The topological polar surface area (TPSA) is 12.5 Å². The van der Waals surface area contributed by atoms with Crippen LogP contribution in [0.15, 0.2) is 91.0 Å². The van der Waals surface area contributed by atoms with E-state index in [2.05, 4.69) is 72.6 Å². The first-order chi connectivity index (χ1) is 11.8. The first-order valence-electron chi connectivity index (χ1n) is 8.27. The maximum Gasteiger partial charge on any atom is 0.137 e. The van der Waals surface area contributed by atoms with E-state index in [0.29, 0.717) is 6.61 Å². The van der Waals surface area contributed by atoms with Gasteiger partial charge >= 0.3 is 0 Å². The van der Waals surface area contributed by atoms with Gasteiger partial charge in [-0.3, -0.25) is 4.90 Å². The van der Waals surface area contributed by atoms with Gasteiger partial charge in [0.1, 0.15) is 6.23 Å². The molecule has 2 nitrogen and oxygen atoms in total. The molecule has 0 spiro atoms. The van der Waals surface area contributed by atoms with Crippen LogP contribution >= 0.6 is 0 Å². The third kappa shape index (κ3) is 4.54. The van der Waals surface area contributed by atoms with Crippen molar-refractivity contribution in [2.45, 2.75) is 19.4 Å². The van der Waals surface area contributed by atoms with Crippen molar-refractivity contribution in [3.8, 4) is 0 Å². The molecule has 3 aromatic rings. The molecule has 0 bridgehead atoms. The lowest BCUT2D eigenvalue weighted by molar-refractivity contribution is -0.0641. The van der Waals surface area contributed by atoms with E-state index in [9.17, 15) is 0 Å². The Labute approximate surface area is 144 Å². The van der Waals surface area contributed by atoms with Gasteiger partial charge in [0.25, 0.3) is 0 Å². The Morgan fingerprint density at radius 1 is 0.708 bits per heavy atom. The summed E-state index contributed by atoms with van der Waals surface area (Å²) < 4.78 is 6.27. The molecule has 3 aromatic carbocycles. The molecule has 122 valence electrons. The smallest absolute Gasteiger partial charge is 0.137 e. The zero-order valence-corrected chi connectivity index (χ0v) is 14.0. The van der Waals surface area contributed by atoms with Crippen LogP contribution in [0.2, 0.25) is 0 Å². The summed E-state index contributed by atoms with van der Waals surface area (Å²) in [7, 11) is 2.11. The Morgan fingerprint density at radius 3 is 1.79 bits per heavy atom. The first-order valence-corrected chi connectivity index (χ1v) is 8.27. The summed E-state index contributed by atoms with van der Waals surface area (Å²) in [6.07, 6.45) is -0.0772. The van der Waals surface area contributed by atoms with Gasteiger partial charge in [0.15, 0.2) is 0 Å². The highest BCUT2D eigenvalue weighted by Crippen LogP contribution is 2.24. The van der Waals surface area contributed by atoms with Crippen LogP contribution in [0.1, 0.15) is 22.9 Å². The second kappa shape index (κ2) is 8.44. The quantitative estimate of drug-likeness (QED) is 0.566. The fraction of sp³-hybridized carbons (Fsp3) is 0.182. The van der Waals surface area contributed by atoms with Crippen LogP contribution in [0.25, 0.3) is 0 Å². The van der Waals surface area contributed by atoms with E-state index in [1.165, 1.54) is 16.7 Å². The highest BCUT2D eigenvalue weighted by atomic mass is 16.5. The Hall–Kier alpha value is -2.42. The van der Waals surface area contributed by atoms with Gasteiger partial charge in [-0.15, -0.1) is 0 Å². The van der Waals surface area contributed by atoms with Gasteiger partial charge in [0, 0.05) is 6.54 Å². The Morgan fingerprint density at radius 2 is 1.21 bits per heavy atom. The zero-order chi connectivity index (χ0) is 16.6. The van der Waals surface area contributed by atoms with Crippen molar-refractivity contribution in [3.63, 3.8) is 0 Å². The molecule has 0 aromatic heterocycles. The molecule has 0 saturated carbocycles. The lowest BCUT2D eigenvalue weighted by Gasteiger charge is -2.28. The van der Waals surface area contributed by atoms with E-state index in [1.807, 2.05) is 30.3 Å². The highest BCUT2D eigenvalue weighted by molar-refractivity contribution is 5.19. The first kappa shape index (κ1) is 16.4. The Balaban J connectivity index is 1.74. The molecule has 0 fully saturated rings. The Bertz CT molecular complexity index is 713. The monoisotopic (exact) mass is 317 g/mol. The molecule has 0 aliphatic heterocycles. The third-order valence-electron chi connectivity index (χ3n) is 4.01. The maximum absolute atomic E-state index is 6.27. The molecule has 0 aliphatic rings. The SMILES string of the molecule is CN(Cc1ccccc1)C(OCc1ccccc1)c1ccccc1. The molecule has 0 saturated heterocycles. The van der Waals surface area contributed by atoms with E-state index < -0.39 is 0 Å². The van der Waals surface area contributed by atoms with E-state index in [1.54, 1.807) is 0 Å².